The molecule has 0 radical (unpaired) electrons. The molecule has 0 aromatic heterocycles. The van der Waals surface area contributed by atoms with E-state index in [4.69, 9.17) is 4.74 Å². The molecule has 1 fully saturated rings. The third-order valence-corrected chi connectivity index (χ3v) is 6.74. The van der Waals surface area contributed by atoms with Gasteiger partial charge in [0.1, 0.15) is 11.6 Å². The fourth-order valence-corrected chi connectivity index (χ4v) is 4.82. The van der Waals surface area contributed by atoms with Crippen molar-refractivity contribution in [2.24, 2.45) is 0 Å². The molecule has 1 saturated heterocycles. The Bertz CT molecular complexity index is 1040. The van der Waals surface area contributed by atoms with Gasteiger partial charge in [0.15, 0.2) is 0 Å². The zero-order valence-corrected chi connectivity index (χ0v) is 18.8. The fourth-order valence-electron chi connectivity index (χ4n) is 3.54. The average Bonchev–Trinajstić information content (AvgIpc) is 2.75. The molecule has 2 N–H and O–H groups in total. The van der Waals surface area contributed by atoms with E-state index >= 15 is 0 Å². The van der Waals surface area contributed by atoms with E-state index in [0.29, 0.717) is 26.3 Å². The molecule has 1 amide bonds. The van der Waals surface area contributed by atoms with Crippen molar-refractivity contribution in [2.45, 2.75) is 30.8 Å². The van der Waals surface area contributed by atoms with E-state index in [2.05, 4.69) is 14.9 Å². The molecule has 2 aromatic rings. The molecule has 2 aromatic carbocycles. The maximum atomic E-state index is 14.4. The summed E-state index contributed by atoms with van der Waals surface area (Å²) in [4.78, 5) is 14.7. The van der Waals surface area contributed by atoms with Crippen LogP contribution >= 0.6 is 0 Å². The highest BCUT2D eigenvalue weighted by atomic mass is 32.2. The highest BCUT2D eigenvalue weighted by molar-refractivity contribution is 7.89. The van der Waals surface area contributed by atoms with Gasteiger partial charge in [-0.15, -0.1) is 0 Å². The number of hydrogen-bond acceptors (Lipinski definition) is 5. The first-order valence-corrected chi connectivity index (χ1v) is 11.8. The van der Waals surface area contributed by atoms with Crippen LogP contribution < -0.4 is 10.0 Å². The van der Waals surface area contributed by atoms with Crippen molar-refractivity contribution in [3.05, 3.63) is 65.2 Å². The van der Waals surface area contributed by atoms with E-state index in [0.717, 1.165) is 23.8 Å². The number of sulfonamides is 1. The maximum absolute atomic E-state index is 14.4. The molecule has 7 nitrogen and oxygen atoms in total. The predicted molar refractivity (Wildman–Crippen MR) is 116 cm³/mol. The normalized spacial score (nSPS) is 16.2. The van der Waals surface area contributed by atoms with Crippen molar-refractivity contribution in [1.29, 1.82) is 0 Å². The van der Waals surface area contributed by atoms with Gasteiger partial charge in [-0.25, -0.2) is 21.9 Å². The smallest absolute Gasteiger partial charge is 0.254 e. The van der Waals surface area contributed by atoms with E-state index < -0.39 is 21.7 Å². The summed E-state index contributed by atoms with van der Waals surface area (Å²) in [6, 6.07) is 8.46. The van der Waals surface area contributed by atoms with Crippen LogP contribution in [0, 0.1) is 11.6 Å². The van der Waals surface area contributed by atoms with Gasteiger partial charge in [-0.2, -0.15) is 0 Å². The van der Waals surface area contributed by atoms with Crippen molar-refractivity contribution in [3.63, 3.8) is 0 Å². The van der Waals surface area contributed by atoms with Crippen LogP contribution in [0.3, 0.4) is 0 Å². The van der Waals surface area contributed by atoms with Crippen LogP contribution in [0.25, 0.3) is 0 Å². The molecule has 1 unspecified atom stereocenters. The molecule has 1 aliphatic rings. The van der Waals surface area contributed by atoms with Crippen LogP contribution in [0.2, 0.25) is 0 Å². The maximum Gasteiger partial charge on any atom is 0.254 e. The highest BCUT2D eigenvalue weighted by Gasteiger charge is 2.25. The summed E-state index contributed by atoms with van der Waals surface area (Å²) in [5.74, 6) is -1.92. The first kappa shape index (κ1) is 24.2. The van der Waals surface area contributed by atoms with E-state index in [9.17, 15) is 22.0 Å². The Kier molecular flexibility index (Phi) is 7.94. The molecule has 1 atom stereocenters. The highest BCUT2D eigenvalue weighted by Crippen LogP contribution is 2.22. The number of hydrogen-bond donors (Lipinski definition) is 2. The number of halogens is 2. The van der Waals surface area contributed by atoms with Gasteiger partial charge < -0.3 is 10.1 Å². The molecule has 1 heterocycles. The summed E-state index contributed by atoms with van der Waals surface area (Å²) in [7, 11) is -3.88. The summed E-state index contributed by atoms with van der Waals surface area (Å²) in [5, 5.41) is 2.70. The molecule has 0 spiro atoms. The number of ether oxygens (including phenoxy) is 1. The van der Waals surface area contributed by atoms with E-state index in [1.54, 1.807) is 26.0 Å². The second kappa shape index (κ2) is 10.5. The van der Waals surface area contributed by atoms with Crippen molar-refractivity contribution < 1.29 is 26.7 Å². The lowest BCUT2D eigenvalue weighted by atomic mass is 10.0. The Balaban J connectivity index is 1.80. The van der Waals surface area contributed by atoms with Crippen LogP contribution in [-0.4, -0.2) is 58.1 Å². The van der Waals surface area contributed by atoms with E-state index in [1.165, 1.54) is 12.1 Å². The van der Waals surface area contributed by atoms with Gasteiger partial charge >= 0.3 is 0 Å². The van der Waals surface area contributed by atoms with Crippen LogP contribution in [0.5, 0.6) is 0 Å². The molecule has 32 heavy (non-hydrogen) atoms. The number of amides is 1. The van der Waals surface area contributed by atoms with Crippen molar-refractivity contribution in [3.8, 4) is 0 Å². The third kappa shape index (κ3) is 6.10. The fraction of sp³-hybridized carbons (Fsp3) is 0.409. The SMILES string of the molecule is CC(C)NS(=O)(=O)c1ccc(F)c(C(=O)NCC(c2ccc(F)cc2)N2CCOCC2)c1. The Morgan fingerprint density at radius 1 is 1.09 bits per heavy atom. The average molecular weight is 468 g/mol. The second-order valence-corrected chi connectivity index (χ2v) is 9.56. The Hall–Kier alpha value is -2.40. The first-order valence-electron chi connectivity index (χ1n) is 10.3. The Labute approximate surface area is 186 Å². The number of nitrogens with zero attached hydrogens (tertiary/aromatic N) is 1. The zero-order chi connectivity index (χ0) is 23.3. The number of carbonyl (C=O) groups is 1. The quantitative estimate of drug-likeness (QED) is 0.623. The summed E-state index contributed by atoms with van der Waals surface area (Å²) in [6.07, 6.45) is 0. The van der Waals surface area contributed by atoms with Crippen LogP contribution in [0.4, 0.5) is 8.78 Å². The minimum absolute atomic E-state index is 0.130. The molecule has 10 heteroatoms. The number of carbonyl (C=O) groups excluding carboxylic acids is 1. The minimum atomic E-state index is -3.88. The topological polar surface area (TPSA) is 87.7 Å². The van der Waals surface area contributed by atoms with Crippen molar-refractivity contribution in [2.75, 3.05) is 32.8 Å². The summed E-state index contributed by atoms with van der Waals surface area (Å²) < 4.78 is 60.4. The number of rotatable bonds is 8. The number of benzene rings is 2. The zero-order valence-electron chi connectivity index (χ0n) is 18.0. The summed E-state index contributed by atoms with van der Waals surface area (Å²) >= 11 is 0. The lowest BCUT2D eigenvalue weighted by Crippen LogP contribution is -2.44. The van der Waals surface area contributed by atoms with Gasteiger partial charge in [0, 0.05) is 25.7 Å². The van der Waals surface area contributed by atoms with Gasteiger partial charge in [-0.1, -0.05) is 12.1 Å². The second-order valence-electron chi connectivity index (χ2n) is 7.84. The minimum Gasteiger partial charge on any atom is -0.379 e. The summed E-state index contributed by atoms with van der Waals surface area (Å²) in [5.41, 5.74) is 0.433. The third-order valence-electron chi connectivity index (χ3n) is 5.08. The first-order chi connectivity index (χ1) is 15.2. The molecular formula is C22H27F2N3O4S. The van der Waals surface area contributed by atoms with Crippen LogP contribution in [-0.2, 0) is 14.8 Å². The molecule has 1 aliphatic heterocycles. The number of morpholine rings is 1. The molecular weight excluding hydrogens is 440 g/mol. The van der Waals surface area contributed by atoms with Gasteiger partial charge in [0.2, 0.25) is 10.0 Å². The van der Waals surface area contributed by atoms with E-state index in [-0.39, 0.29) is 34.9 Å². The lowest BCUT2D eigenvalue weighted by Gasteiger charge is -2.35. The summed E-state index contributed by atoms with van der Waals surface area (Å²) in [6.45, 7) is 5.77. The van der Waals surface area contributed by atoms with Crippen molar-refractivity contribution in [1.82, 2.24) is 14.9 Å². The number of nitrogens with one attached hydrogen (secondary N) is 2. The van der Waals surface area contributed by atoms with Gasteiger partial charge in [-0.3, -0.25) is 9.69 Å². The van der Waals surface area contributed by atoms with Crippen LogP contribution in [0.1, 0.15) is 35.8 Å². The lowest BCUT2D eigenvalue weighted by molar-refractivity contribution is 0.0162. The molecule has 0 aliphatic carbocycles. The molecule has 3 rings (SSSR count). The predicted octanol–water partition coefficient (Wildman–Crippen LogP) is 2.45. The van der Waals surface area contributed by atoms with E-state index in [1.807, 2.05) is 0 Å². The van der Waals surface area contributed by atoms with Gasteiger partial charge in [0.25, 0.3) is 5.91 Å². The molecule has 174 valence electrons. The van der Waals surface area contributed by atoms with Crippen molar-refractivity contribution >= 4 is 15.9 Å². The Morgan fingerprint density at radius 2 is 1.75 bits per heavy atom. The van der Waals surface area contributed by atoms with Gasteiger partial charge in [0.05, 0.1) is 29.7 Å². The largest absolute Gasteiger partial charge is 0.379 e. The van der Waals surface area contributed by atoms with Gasteiger partial charge in [-0.05, 0) is 49.7 Å². The Morgan fingerprint density at radius 3 is 2.38 bits per heavy atom. The monoisotopic (exact) mass is 467 g/mol. The van der Waals surface area contributed by atoms with Crippen LogP contribution in [0.15, 0.2) is 47.4 Å². The standard InChI is InChI=1S/C22H27F2N3O4S/c1-15(2)26-32(29,30)18-7-8-20(24)19(13-18)22(28)25-14-21(27-9-11-31-12-10-27)16-3-5-17(23)6-4-16/h3-8,13,15,21,26H,9-12,14H2,1-2H3,(H,25,28). The molecule has 0 bridgehead atoms. The molecule has 0 saturated carbocycles.